The van der Waals surface area contributed by atoms with Gasteiger partial charge in [-0.2, -0.15) is 15.0 Å². The molecule has 4 rings (SSSR count). The molecule has 0 spiro atoms. The molecule has 0 saturated carbocycles. The first kappa shape index (κ1) is 19.9. The number of benzene rings is 3. The summed E-state index contributed by atoms with van der Waals surface area (Å²) in [7, 11) is 0. The standard InChI is InChI=1S/C25H21N5O/c1-3-18-31-25-28-23(26-20-16-14-19(2)15-17-20)27-24(29-25)30(21-10-6-4-7-11-21)22-12-8-5-9-13-22/h1,4-17H,18H2,2H3,(H,26,27,28,29). The Hall–Kier alpha value is -4.37. The molecule has 0 amide bonds. The lowest BCUT2D eigenvalue weighted by Gasteiger charge is -2.23. The molecule has 1 heterocycles. The first-order valence-corrected chi connectivity index (χ1v) is 9.79. The third kappa shape index (κ3) is 4.98. The summed E-state index contributed by atoms with van der Waals surface area (Å²) in [6.07, 6.45) is 5.36. The van der Waals surface area contributed by atoms with E-state index in [4.69, 9.17) is 11.2 Å². The van der Waals surface area contributed by atoms with Crippen molar-refractivity contribution in [1.29, 1.82) is 0 Å². The van der Waals surface area contributed by atoms with E-state index in [-0.39, 0.29) is 12.6 Å². The summed E-state index contributed by atoms with van der Waals surface area (Å²) in [5, 5.41) is 3.23. The van der Waals surface area contributed by atoms with E-state index in [9.17, 15) is 0 Å². The zero-order valence-corrected chi connectivity index (χ0v) is 17.1. The number of anilines is 5. The molecule has 1 N–H and O–H groups in total. The van der Waals surface area contributed by atoms with E-state index in [0.717, 1.165) is 17.1 Å². The van der Waals surface area contributed by atoms with Crippen LogP contribution in [-0.2, 0) is 0 Å². The van der Waals surface area contributed by atoms with E-state index in [0.29, 0.717) is 11.9 Å². The molecule has 0 aliphatic rings. The zero-order valence-electron chi connectivity index (χ0n) is 17.1. The molecule has 31 heavy (non-hydrogen) atoms. The maximum atomic E-state index is 5.55. The molecule has 152 valence electrons. The first-order valence-electron chi connectivity index (χ1n) is 9.79. The molecule has 1 aromatic heterocycles. The van der Waals surface area contributed by atoms with Gasteiger partial charge >= 0.3 is 6.01 Å². The van der Waals surface area contributed by atoms with Gasteiger partial charge in [-0.3, -0.25) is 4.90 Å². The highest BCUT2D eigenvalue weighted by atomic mass is 16.5. The molecule has 6 heteroatoms. The lowest BCUT2D eigenvalue weighted by molar-refractivity contribution is 0.339. The van der Waals surface area contributed by atoms with E-state index in [1.54, 1.807) is 0 Å². The minimum Gasteiger partial charge on any atom is -0.450 e. The van der Waals surface area contributed by atoms with E-state index < -0.39 is 0 Å². The number of ether oxygens (including phenoxy) is 1. The van der Waals surface area contributed by atoms with Gasteiger partial charge in [-0.15, -0.1) is 6.42 Å². The Kier molecular flexibility index (Phi) is 6.05. The van der Waals surface area contributed by atoms with Crippen molar-refractivity contribution in [2.24, 2.45) is 0 Å². The van der Waals surface area contributed by atoms with Crippen molar-refractivity contribution in [3.8, 4) is 18.4 Å². The minimum atomic E-state index is 0.0596. The van der Waals surface area contributed by atoms with Crippen LogP contribution < -0.4 is 15.0 Å². The maximum absolute atomic E-state index is 5.55. The molecule has 3 aromatic carbocycles. The summed E-state index contributed by atoms with van der Waals surface area (Å²) in [5.41, 5.74) is 3.84. The number of nitrogens with zero attached hydrogens (tertiary/aromatic N) is 4. The van der Waals surface area contributed by atoms with Crippen LogP contribution in [0.25, 0.3) is 0 Å². The second-order valence-corrected chi connectivity index (χ2v) is 6.73. The molecule has 0 aliphatic heterocycles. The topological polar surface area (TPSA) is 63.2 Å². The smallest absolute Gasteiger partial charge is 0.324 e. The summed E-state index contributed by atoms with van der Waals surface area (Å²) < 4.78 is 5.55. The number of aryl methyl sites for hydroxylation is 1. The van der Waals surface area contributed by atoms with Gasteiger partial charge in [0.05, 0.1) is 0 Å². The largest absolute Gasteiger partial charge is 0.450 e. The third-order valence-corrected chi connectivity index (χ3v) is 4.42. The second-order valence-electron chi connectivity index (χ2n) is 6.73. The molecular weight excluding hydrogens is 386 g/mol. The first-order chi connectivity index (χ1) is 15.2. The van der Waals surface area contributed by atoms with Crippen LogP contribution in [0.3, 0.4) is 0 Å². The highest BCUT2D eigenvalue weighted by Crippen LogP contribution is 2.33. The third-order valence-electron chi connectivity index (χ3n) is 4.42. The van der Waals surface area contributed by atoms with Crippen LogP contribution in [0, 0.1) is 19.3 Å². The summed E-state index contributed by atoms with van der Waals surface area (Å²) in [6.45, 7) is 2.10. The molecule has 0 radical (unpaired) electrons. The monoisotopic (exact) mass is 407 g/mol. The second kappa shape index (κ2) is 9.42. The van der Waals surface area contributed by atoms with Crippen LogP contribution in [0.1, 0.15) is 5.56 Å². The van der Waals surface area contributed by atoms with E-state index in [1.165, 1.54) is 5.56 Å². The lowest BCUT2D eigenvalue weighted by Crippen LogP contribution is -2.16. The van der Waals surface area contributed by atoms with Crippen LogP contribution in [0.5, 0.6) is 6.01 Å². The van der Waals surface area contributed by atoms with Gasteiger partial charge in [0.1, 0.15) is 0 Å². The van der Waals surface area contributed by atoms with Gasteiger partial charge in [0, 0.05) is 17.1 Å². The average molecular weight is 407 g/mol. The normalized spacial score (nSPS) is 10.2. The molecule has 6 nitrogen and oxygen atoms in total. The molecule has 0 atom stereocenters. The Morgan fingerprint density at radius 2 is 1.45 bits per heavy atom. The SMILES string of the molecule is C#CCOc1nc(Nc2ccc(C)cc2)nc(N(c2ccccc2)c2ccccc2)n1. The number of hydrogen-bond donors (Lipinski definition) is 1. The molecular formula is C25H21N5O. The van der Waals surface area contributed by atoms with Gasteiger partial charge in [0.2, 0.25) is 11.9 Å². The Labute approximate surface area is 181 Å². The van der Waals surface area contributed by atoms with Crippen LogP contribution in [0.4, 0.5) is 29.0 Å². The number of nitrogens with one attached hydrogen (secondary N) is 1. The highest BCUT2D eigenvalue weighted by molar-refractivity contribution is 5.73. The van der Waals surface area contributed by atoms with Crippen molar-refractivity contribution >= 4 is 29.0 Å². The van der Waals surface area contributed by atoms with Gasteiger partial charge in [0.25, 0.3) is 0 Å². The fourth-order valence-corrected chi connectivity index (χ4v) is 2.97. The quantitative estimate of drug-likeness (QED) is 0.414. The van der Waals surface area contributed by atoms with Crippen molar-refractivity contribution in [3.63, 3.8) is 0 Å². The van der Waals surface area contributed by atoms with Crippen molar-refractivity contribution in [3.05, 3.63) is 90.5 Å². The zero-order chi connectivity index (χ0) is 21.5. The van der Waals surface area contributed by atoms with Crippen LogP contribution >= 0.6 is 0 Å². The van der Waals surface area contributed by atoms with Gasteiger partial charge in [0.15, 0.2) is 6.61 Å². The summed E-state index contributed by atoms with van der Waals surface area (Å²) in [5.74, 6) is 3.22. The lowest BCUT2D eigenvalue weighted by atomic mass is 10.2. The Bertz CT molecular complexity index is 1130. The summed E-state index contributed by atoms with van der Waals surface area (Å²) >= 11 is 0. The molecule has 4 aromatic rings. The van der Waals surface area contributed by atoms with Gasteiger partial charge < -0.3 is 10.1 Å². The Morgan fingerprint density at radius 3 is 2.03 bits per heavy atom. The molecule has 0 saturated heterocycles. The van der Waals surface area contributed by atoms with Crippen molar-refractivity contribution < 1.29 is 4.74 Å². The Morgan fingerprint density at radius 1 is 0.839 bits per heavy atom. The summed E-state index contributed by atoms with van der Waals surface area (Å²) in [6, 6.07) is 27.9. The highest BCUT2D eigenvalue weighted by Gasteiger charge is 2.18. The number of rotatable bonds is 7. The van der Waals surface area contributed by atoms with Crippen molar-refractivity contribution in [2.75, 3.05) is 16.8 Å². The number of aromatic nitrogens is 3. The molecule has 0 fully saturated rings. The molecule has 0 aliphatic carbocycles. The van der Waals surface area contributed by atoms with E-state index in [2.05, 4.69) is 26.2 Å². The molecule has 0 unspecified atom stereocenters. The van der Waals surface area contributed by atoms with Gasteiger partial charge in [-0.05, 0) is 43.3 Å². The van der Waals surface area contributed by atoms with Crippen molar-refractivity contribution in [1.82, 2.24) is 15.0 Å². The minimum absolute atomic E-state index is 0.0596. The van der Waals surface area contributed by atoms with E-state index in [1.807, 2.05) is 96.8 Å². The number of terminal acetylenes is 1. The predicted octanol–water partition coefficient (Wildman–Crippen LogP) is 5.41. The van der Waals surface area contributed by atoms with Crippen LogP contribution in [-0.4, -0.2) is 21.6 Å². The fraction of sp³-hybridized carbons (Fsp3) is 0.0800. The van der Waals surface area contributed by atoms with E-state index >= 15 is 0 Å². The molecule has 0 bridgehead atoms. The Balaban J connectivity index is 1.80. The fourth-order valence-electron chi connectivity index (χ4n) is 2.97. The van der Waals surface area contributed by atoms with Gasteiger partial charge in [-0.1, -0.05) is 60.0 Å². The maximum Gasteiger partial charge on any atom is 0.324 e. The van der Waals surface area contributed by atoms with Gasteiger partial charge in [-0.25, -0.2) is 0 Å². The number of hydrogen-bond acceptors (Lipinski definition) is 6. The average Bonchev–Trinajstić information content (AvgIpc) is 2.81. The summed E-state index contributed by atoms with van der Waals surface area (Å²) in [4.78, 5) is 15.5. The number of para-hydroxylation sites is 2. The van der Waals surface area contributed by atoms with Crippen LogP contribution in [0.2, 0.25) is 0 Å². The van der Waals surface area contributed by atoms with Crippen LogP contribution in [0.15, 0.2) is 84.9 Å². The predicted molar refractivity (Wildman–Crippen MR) is 123 cm³/mol. The van der Waals surface area contributed by atoms with Crippen molar-refractivity contribution in [2.45, 2.75) is 6.92 Å².